The molecule has 0 aromatic heterocycles. The van der Waals surface area contributed by atoms with Crippen molar-refractivity contribution in [2.24, 2.45) is 0 Å². The third-order valence-corrected chi connectivity index (χ3v) is 12.6. The third-order valence-electron chi connectivity index (χ3n) is 7.42. The van der Waals surface area contributed by atoms with E-state index >= 15 is 8.78 Å². The van der Waals surface area contributed by atoms with Crippen LogP contribution < -0.4 is 14.2 Å². The van der Waals surface area contributed by atoms with Crippen molar-refractivity contribution in [3.63, 3.8) is 0 Å². The van der Waals surface area contributed by atoms with Crippen LogP contribution in [0.4, 0.5) is 39.5 Å². The lowest BCUT2D eigenvalue weighted by molar-refractivity contribution is -0.382. The van der Waals surface area contributed by atoms with Crippen molar-refractivity contribution in [1.29, 1.82) is 0 Å². The van der Waals surface area contributed by atoms with Gasteiger partial charge in [0.1, 0.15) is 34.1 Å². The molecule has 0 heterocycles. The molecule has 0 amide bonds. The Kier molecular flexibility index (Phi) is 15.5. The first-order valence-corrected chi connectivity index (χ1v) is 21.2. The molecule has 0 saturated heterocycles. The number of ether oxygens (including phenoxy) is 6. The molecule has 0 aliphatic rings. The van der Waals surface area contributed by atoms with Crippen LogP contribution in [0.5, 0.6) is 17.2 Å². The highest BCUT2D eigenvalue weighted by Gasteiger charge is 2.86. The first kappa shape index (κ1) is 52.4. The number of benzene rings is 3. The molecule has 12 nitrogen and oxygen atoms in total. The van der Waals surface area contributed by atoms with Crippen LogP contribution in [0.25, 0.3) is 0 Å². The summed E-state index contributed by atoms with van der Waals surface area (Å²) in [6.45, 7) is 12.0. The highest BCUT2D eigenvalue weighted by atomic mass is 32.3. The predicted molar refractivity (Wildman–Crippen MR) is 207 cm³/mol. The van der Waals surface area contributed by atoms with Crippen molar-refractivity contribution in [2.45, 2.75) is 117 Å². The normalized spacial score (nSPS) is 13.7. The van der Waals surface area contributed by atoms with Crippen molar-refractivity contribution in [1.82, 2.24) is 0 Å². The average molecular weight is 953 g/mol. The van der Waals surface area contributed by atoms with E-state index in [-0.39, 0.29) is 17.2 Å². The maximum absolute atomic E-state index is 15.5. The number of hydrogen-bond acceptors (Lipinski definition) is 12. The van der Waals surface area contributed by atoms with E-state index in [9.17, 15) is 53.5 Å². The first-order valence-electron chi connectivity index (χ1n) is 18.3. The topological polar surface area (TPSA) is 150 Å². The van der Waals surface area contributed by atoms with Crippen LogP contribution in [0.1, 0.15) is 62.3 Å². The van der Waals surface area contributed by atoms with Crippen molar-refractivity contribution >= 4 is 38.3 Å². The number of hydrogen-bond donors (Lipinski definition) is 0. The zero-order valence-electron chi connectivity index (χ0n) is 35.2. The fourth-order valence-corrected chi connectivity index (χ4v) is 10.1. The molecule has 3 rings (SSSR count). The van der Waals surface area contributed by atoms with E-state index in [1.165, 1.54) is 0 Å². The Morgan fingerprint density at radius 1 is 0.444 bits per heavy atom. The van der Waals surface area contributed by atoms with Crippen molar-refractivity contribution in [2.75, 3.05) is 19.8 Å². The molecule has 0 saturated carbocycles. The van der Waals surface area contributed by atoms with Gasteiger partial charge in [0.15, 0.2) is 19.8 Å². The lowest BCUT2D eigenvalue weighted by Crippen LogP contribution is -2.63. The van der Waals surface area contributed by atoms with Gasteiger partial charge in [-0.3, -0.25) is 0 Å². The van der Waals surface area contributed by atoms with Gasteiger partial charge >= 0.3 is 51.3 Å². The maximum atomic E-state index is 15.5. The zero-order chi connectivity index (χ0) is 48.3. The molecule has 0 aliphatic heterocycles. The summed E-state index contributed by atoms with van der Waals surface area (Å²) < 4.78 is 192. The molecule has 0 bridgehead atoms. The van der Waals surface area contributed by atoms with Gasteiger partial charge in [-0.2, -0.15) is 47.9 Å². The Balaban J connectivity index is 2.32. The van der Waals surface area contributed by atoms with Gasteiger partial charge < -0.3 is 28.4 Å². The quantitative estimate of drug-likeness (QED) is 0.0720. The van der Waals surface area contributed by atoms with Crippen molar-refractivity contribution in [3.05, 3.63) is 72.8 Å². The number of rotatable bonds is 17. The highest BCUT2D eigenvalue weighted by Crippen LogP contribution is 2.72. The molecule has 0 atom stereocenters. The molecule has 3 aromatic rings. The summed E-state index contributed by atoms with van der Waals surface area (Å²) in [4.78, 5) is 35.3. The number of carbonyl (C=O) groups is 3. The summed E-state index contributed by atoms with van der Waals surface area (Å²) in [5.41, 5.74) is -2.77. The van der Waals surface area contributed by atoms with Crippen LogP contribution in [0, 0.1) is 0 Å². The summed E-state index contributed by atoms with van der Waals surface area (Å²) >= 11 is 0. The van der Waals surface area contributed by atoms with Gasteiger partial charge in [-0.05, 0) is 145 Å². The molecule has 0 unspecified atom stereocenters. The van der Waals surface area contributed by atoms with Crippen LogP contribution in [-0.4, -0.2) is 86.2 Å². The van der Waals surface area contributed by atoms with E-state index in [2.05, 4.69) is 0 Å². The molecule has 0 fully saturated rings. The number of carbonyl (C=O) groups excluding carboxylic acids is 3. The second-order valence-corrected chi connectivity index (χ2v) is 20.8. The minimum absolute atomic E-state index is 0.153. The second-order valence-electron chi connectivity index (χ2n) is 16.3. The Labute approximate surface area is 358 Å². The molecule has 0 radical (unpaired) electrons. The first-order chi connectivity index (χ1) is 28.4. The Morgan fingerprint density at radius 2 is 0.698 bits per heavy atom. The van der Waals surface area contributed by atoms with Crippen LogP contribution in [0.2, 0.25) is 0 Å². The largest absolute Gasteiger partial charge is 0.482 e. The predicted octanol–water partition coefficient (Wildman–Crippen LogP) is 9.82. The zero-order valence-corrected chi connectivity index (χ0v) is 36.8. The molecular formula is C40H45F9O12S2. The molecule has 0 spiro atoms. The highest BCUT2D eigenvalue weighted by molar-refractivity contribution is 8.33. The molecular weight excluding hydrogens is 908 g/mol. The van der Waals surface area contributed by atoms with Gasteiger partial charge in [-0.25, -0.2) is 18.0 Å². The van der Waals surface area contributed by atoms with Crippen LogP contribution >= 0.6 is 10.3 Å². The Hall–Kier alpha value is -4.90. The van der Waals surface area contributed by atoms with Crippen LogP contribution in [-0.2, 0) is 42.3 Å². The van der Waals surface area contributed by atoms with Crippen molar-refractivity contribution < 1.29 is 94.4 Å². The molecule has 352 valence electrons. The molecule has 3 aromatic carbocycles. The van der Waals surface area contributed by atoms with E-state index < -0.39 is 113 Å². The smallest absolute Gasteiger partial charge is 0.460 e. The van der Waals surface area contributed by atoms with Gasteiger partial charge in [0.25, 0.3) is 0 Å². The van der Waals surface area contributed by atoms with Gasteiger partial charge in [0, 0.05) is 14.7 Å². The van der Waals surface area contributed by atoms with Gasteiger partial charge in [0.05, 0.1) is 0 Å². The molecule has 23 heteroatoms. The molecule has 63 heavy (non-hydrogen) atoms. The average Bonchev–Trinajstić information content (AvgIpc) is 3.12. The number of esters is 3. The van der Waals surface area contributed by atoms with E-state index in [0.29, 0.717) is 0 Å². The minimum atomic E-state index is -7.67. The third kappa shape index (κ3) is 13.1. The lowest BCUT2D eigenvalue weighted by atomic mass is 10.1. The second kappa shape index (κ2) is 18.7. The molecule has 0 N–H and O–H groups in total. The van der Waals surface area contributed by atoms with Crippen LogP contribution in [0.15, 0.2) is 87.5 Å². The van der Waals surface area contributed by atoms with E-state index in [4.69, 9.17) is 32.1 Å². The van der Waals surface area contributed by atoms with Gasteiger partial charge in [-0.1, -0.05) is 0 Å². The summed E-state index contributed by atoms with van der Waals surface area (Å²) in [7, 11) is -12.2. The fourth-order valence-electron chi connectivity index (χ4n) is 4.94. The fraction of sp³-hybridized carbons (Fsp3) is 0.475. The van der Waals surface area contributed by atoms with E-state index in [1.807, 2.05) is 0 Å². The standard InChI is InChI=1S/C40H45F9O12S2/c1-34(2,3)58-31(50)22-55-25-10-16-28(17-11-25)62(29-18-12-26(13-19-29)56-23-32(51)59-35(4,5)6,30-20-14-27(15-21-30)57-24-33(52)60-36(7,8)9)61-63(53,54)40(48,49)38(43,44)37(41,42)39(45,46)47/h10-21H,22-24H2,1-9H3. The van der Waals surface area contributed by atoms with Crippen molar-refractivity contribution in [3.8, 4) is 17.2 Å². The summed E-state index contributed by atoms with van der Waals surface area (Å²) in [6.07, 6.45) is -7.38. The number of alkyl halides is 9. The van der Waals surface area contributed by atoms with Gasteiger partial charge in [-0.15, -0.1) is 0 Å². The summed E-state index contributed by atoms with van der Waals surface area (Å²) in [5, 5.41) is -7.29. The lowest BCUT2D eigenvalue weighted by Gasteiger charge is -2.41. The summed E-state index contributed by atoms with van der Waals surface area (Å²) in [5.74, 6) is -18.3. The Morgan fingerprint density at radius 3 is 0.921 bits per heavy atom. The molecule has 0 aliphatic carbocycles. The van der Waals surface area contributed by atoms with Crippen LogP contribution in [0.3, 0.4) is 0 Å². The SMILES string of the molecule is CC(C)(C)OC(=O)COc1ccc(S(OS(=O)(=O)C(F)(F)C(F)(F)C(F)(F)C(F)(F)F)(c2ccc(OCC(=O)OC(C)(C)C)cc2)c2ccc(OCC(=O)OC(C)(C)C)cc2)cc1. The monoisotopic (exact) mass is 952 g/mol. The number of halogens is 9. The summed E-state index contributed by atoms with van der Waals surface area (Å²) in [6, 6.07) is 12.0. The van der Waals surface area contributed by atoms with E-state index in [1.54, 1.807) is 62.3 Å². The van der Waals surface area contributed by atoms with E-state index in [0.717, 1.165) is 72.8 Å². The van der Waals surface area contributed by atoms with Gasteiger partial charge in [0.2, 0.25) is 0 Å². The maximum Gasteiger partial charge on any atom is 0.460 e. The Bertz CT molecular complexity index is 2000. The minimum Gasteiger partial charge on any atom is -0.482 e.